The Morgan fingerprint density at radius 2 is 1.89 bits per heavy atom. The van der Waals surface area contributed by atoms with E-state index in [4.69, 9.17) is 0 Å². The van der Waals surface area contributed by atoms with E-state index >= 15 is 0 Å². The van der Waals surface area contributed by atoms with Crippen LogP contribution in [0.4, 0.5) is 5.69 Å². The van der Waals surface area contributed by atoms with Gasteiger partial charge in [0.2, 0.25) is 0 Å². The Hall–Kier alpha value is -1.28. The van der Waals surface area contributed by atoms with Crippen molar-refractivity contribution in [2.45, 2.75) is 26.3 Å². The molecule has 0 saturated heterocycles. The Balaban J connectivity index is 2.13. The predicted molar refractivity (Wildman–Crippen MR) is 82.0 cm³/mol. The van der Waals surface area contributed by atoms with E-state index in [2.05, 4.69) is 77.6 Å². The van der Waals surface area contributed by atoms with Crippen LogP contribution in [-0.4, -0.2) is 0 Å². The minimum atomic E-state index is 0.301. The molecule has 2 aromatic carbocycles. The molecule has 0 amide bonds. The molecule has 2 aromatic rings. The van der Waals surface area contributed by atoms with Crippen molar-refractivity contribution in [2.75, 3.05) is 5.32 Å². The predicted octanol–water partition coefficient (Wildman–Crippen LogP) is 5.18. The van der Waals surface area contributed by atoms with E-state index < -0.39 is 0 Å². The number of hydrogen-bond acceptors (Lipinski definition) is 1. The van der Waals surface area contributed by atoms with Gasteiger partial charge in [-0.15, -0.1) is 0 Å². The Labute approximate surface area is 117 Å². The third kappa shape index (κ3) is 3.36. The summed E-state index contributed by atoms with van der Waals surface area (Å²) in [5.41, 5.74) is 3.83. The summed E-state index contributed by atoms with van der Waals surface area (Å²) in [7, 11) is 0. The fourth-order valence-corrected chi connectivity index (χ4v) is 2.41. The van der Waals surface area contributed by atoms with E-state index in [1.807, 2.05) is 6.07 Å². The standard InChI is InChI=1S/C16H18BrN/c1-3-13-6-4-9-16(10-13)18-12(2)14-7-5-8-15(17)11-14/h4-12,18H,3H2,1-2H3. The first kappa shape index (κ1) is 13.2. The third-order valence-electron chi connectivity index (χ3n) is 3.07. The molecule has 1 nitrogen and oxygen atoms in total. The van der Waals surface area contributed by atoms with Crippen molar-refractivity contribution in [3.63, 3.8) is 0 Å². The van der Waals surface area contributed by atoms with Crippen molar-refractivity contribution in [3.05, 3.63) is 64.1 Å². The molecule has 94 valence electrons. The molecular formula is C16H18BrN. The summed E-state index contributed by atoms with van der Waals surface area (Å²) in [5, 5.41) is 3.54. The number of halogens is 1. The van der Waals surface area contributed by atoms with Gasteiger partial charge in [-0.3, -0.25) is 0 Å². The van der Waals surface area contributed by atoms with Crippen molar-refractivity contribution < 1.29 is 0 Å². The molecule has 0 radical (unpaired) electrons. The molecule has 1 N–H and O–H groups in total. The molecule has 0 bridgehead atoms. The first-order chi connectivity index (χ1) is 8.69. The smallest absolute Gasteiger partial charge is 0.0486 e. The van der Waals surface area contributed by atoms with Crippen molar-refractivity contribution >= 4 is 21.6 Å². The van der Waals surface area contributed by atoms with Gasteiger partial charge in [0.25, 0.3) is 0 Å². The highest BCUT2D eigenvalue weighted by molar-refractivity contribution is 9.10. The van der Waals surface area contributed by atoms with Crippen LogP contribution < -0.4 is 5.32 Å². The number of aryl methyl sites for hydroxylation is 1. The van der Waals surface area contributed by atoms with Gasteiger partial charge in [-0.1, -0.05) is 47.1 Å². The molecule has 2 heteroatoms. The molecule has 1 unspecified atom stereocenters. The van der Waals surface area contributed by atoms with Gasteiger partial charge < -0.3 is 5.32 Å². The first-order valence-corrected chi connectivity index (χ1v) is 7.09. The minimum absolute atomic E-state index is 0.301. The maximum Gasteiger partial charge on any atom is 0.0486 e. The molecule has 18 heavy (non-hydrogen) atoms. The number of nitrogens with one attached hydrogen (secondary N) is 1. The van der Waals surface area contributed by atoms with Crippen molar-refractivity contribution in [1.29, 1.82) is 0 Å². The fraction of sp³-hybridized carbons (Fsp3) is 0.250. The zero-order valence-electron chi connectivity index (χ0n) is 10.8. The van der Waals surface area contributed by atoms with Gasteiger partial charge in [-0.2, -0.15) is 0 Å². The van der Waals surface area contributed by atoms with Crippen LogP contribution in [0.3, 0.4) is 0 Å². The van der Waals surface area contributed by atoms with E-state index in [9.17, 15) is 0 Å². The molecule has 0 aliphatic carbocycles. The molecular weight excluding hydrogens is 286 g/mol. The Morgan fingerprint density at radius 3 is 2.61 bits per heavy atom. The lowest BCUT2D eigenvalue weighted by Gasteiger charge is -2.16. The first-order valence-electron chi connectivity index (χ1n) is 6.30. The van der Waals surface area contributed by atoms with E-state index in [-0.39, 0.29) is 0 Å². The van der Waals surface area contributed by atoms with E-state index in [1.165, 1.54) is 16.8 Å². The molecule has 0 fully saturated rings. The minimum Gasteiger partial charge on any atom is -0.379 e. The summed E-state index contributed by atoms with van der Waals surface area (Å²) in [6.07, 6.45) is 1.07. The van der Waals surface area contributed by atoms with Gasteiger partial charge in [0, 0.05) is 16.2 Å². The van der Waals surface area contributed by atoms with Crippen LogP contribution in [0.1, 0.15) is 31.0 Å². The second-order valence-corrected chi connectivity index (χ2v) is 5.39. The van der Waals surface area contributed by atoms with E-state index in [0.29, 0.717) is 6.04 Å². The van der Waals surface area contributed by atoms with Gasteiger partial charge in [0.1, 0.15) is 0 Å². The Bertz CT molecular complexity index is 522. The maximum absolute atomic E-state index is 3.54. The van der Waals surface area contributed by atoms with Crippen LogP contribution >= 0.6 is 15.9 Å². The summed E-state index contributed by atoms with van der Waals surface area (Å²) in [5.74, 6) is 0. The fourth-order valence-electron chi connectivity index (χ4n) is 1.99. The van der Waals surface area contributed by atoms with E-state index in [0.717, 1.165) is 10.9 Å². The van der Waals surface area contributed by atoms with Gasteiger partial charge in [-0.25, -0.2) is 0 Å². The summed E-state index contributed by atoms with van der Waals surface area (Å²) in [6.45, 7) is 4.36. The zero-order valence-corrected chi connectivity index (χ0v) is 12.4. The lowest BCUT2D eigenvalue weighted by Crippen LogP contribution is -2.06. The van der Waals surface area contributed by atoms with Crippen molar-refractivity contribution in [2.24, 2.45) is 0 Å². The monoisotopic (exact) mass is 303 g/mol. The number of anilines is 1. The molecule has 2 rings (SSSR count). The van der Waals surface area contributed by atoms with E-state index in [1.54, 1.807) is 0 Å². The van der Waals surface area contributed by atoms with Crippen LogP contribution in [0.25, 0.3) is 0 Å². The summed E-state index contributed by atoms with van der Waals surface area (Å²) >= 11 is 3.51. The van der Waals surface area contributed by atoms with Crippen LogP contribution in [0.2, 0.25) is 0 Å². The summed E-state index contributed by atoms with van der Waals surface area (Å²) < 4.78 is 1.12. The molecule has 0 heterocycles. The normalized spacial score (nSPS) is 12.2. The molecule has 0 aliphatic rings. The molecule has 0 saturated carbocycles. The summed E-state index contributed by atoms with van der Waals surface area (Å²) in [6, 6.07) is 17.3. The van der Waals surface area contributed by atoms with Crippen LogP contribution in [0.15, 0.2) is 53.0 Å². The highest BCUT2D eigenvalue weighted by Gasteiger charge is 2.05. The molecule has 0 spiro atoms. The number of benzene rings is 2. The summed E-state index contributed by atoms with van der Waals surface area (Å²) in [4.78, 5) is 0. The van der Waals surface area contributed by atoms with Gasteiger partial charge >= 0.3 is 0 Å². The topological polar surface area (TPSA) is 12.0 Å². The molecule has 1 atom stereocenters. The second-order valence-electron chi connectivity index (χ2n) is 4.47. The lowest BCUT2D eigenvalue weighted by molar-refractivity contribution is 0.883. The highest BCUT2D eigenvalue weighted by atomic mass is 79.9. The molecule has 0 aliphatic heterocycles. The molecule has 0 aromatic heterocycles. The average molecular weight is 304 g/mol. The van der Waals surface area contributed by atoms with Gasteiger partial charge in [0.15, 0.2) is 0 Å². The number of hydrogen-bond donors (Lipinski definition) is 1. The second kappa shape index (κ2) is 6.05. The Kier molecular flexibility index (Phi) is 4.43. The third-order valence-corrected chi connectivity index (χ3v) is 3.56. The van der Waals surface area contributed by atoms with Gasteiger partial charge in [-0.05, 0) is 48.7 Å². The average Bonchev–Trinajstić information content (AvgIpc) is 2.39. The van der Waals surface area contributed by atoms with Crippen LogP contribution in [0, 0.1) is 0 Å². The van der Waals surface area contributed by atoms with Crippen LogP contribution in [-0.2, 0) is 6.42 Å². The van der Waals surface area contributed by atoms with Crippen molar-refractivity contribution in [3.8, 4) is 0 Å². The highest BCUT2D eigenvalue weighted by Crippen LogP contribution is 2.22. The quantitative estimate of drug-likeness (QED) is 0.820. The number of rotatable bonds is 4. The largest absolute Gasteiger partial charge is 0.379 e. The lowest BCUT2D eigenvalue weighted by atomic mass is 10.1. The SMILES string of the molecule is CCc1cccc(NC(C)c2cccc(Br)c2)c1. The van der Waals surface area contributed by atoms with Crippen LogP contribution in [0.5, 0.6) is 0 Å². The maximum atomic E-state index is 3.54. The zero-order chi connectivity index (χ0) is 13.0. The van der Waals surface area contributed by atoms with Gasteiger partial charge in [0.05, 0.1) is 0 Å². The Morgan fingerprint density at radius 1 is 1.11 bits per heavy atom. The van der Waals surface area contributed by atoms with Crippen molar-refractivity contribution in [1.82, 2.24) is 0 Å².